The molecule has 1 aromatic rings. The summed E-state index contributed by atoms with van der Waals surface area (Å²) in [7, 11) is -1.46. The van der Waals surface area contributed by atoms with Crippen LogP contribution in [0.25, 0.3) is 0 Å². The van der Waals surface area contributed by atoms with Gasteiger partial charge in [0, 0.05) is 19.0 Å². The highest BCUT2D eigenvalue weighted by molar-refractivity contribution is 6.58. The normalized spacial score (nSPS) is 28.1. The molecule has 5 nitrogen and oxygen atoms in total. The first-order chi connectivity index (χ1) is 9.39. The highest BCUT2D eigenvalue weighted by atomic mass is 16.5. The van der Waals surface area contributed by atoms with E-state index in [0.29, 0.717) is 31.3 Å². The summed E-state index contributed by atoms with van der Waals surface area (Å²) in [5.41, 5.74) is 0.572. The summed E-state index contributed by atoms with van der Waals surface area (Å²) >= 11 is 0. The molecule has 1 heterocycles. The third-order valence-corrected chi connectivity index (χ3v) is 4.02. The second-order valence-electron chi connectivity index (χ2n) is 5.84. The molecule has 1 fully saturated rings. The van der Waals surface area contributed by atoms with Crippen LogP contribution in [0, 0.1) is 0 Å². The maximum Gasteiger partial charge on any atom is 0.488 e. The van der Waals surface area contributed by atoms with E-state index in [2.05, 4.69) is 0 Å². The van der Waals surface area contributed by atoms with Crippen molar-refractivity contribution in [1.29, 1.82) is 0 Å². The molecule has 20 heavy (non-hydrogen) atoms. The van der Waals surface area contributed by atoms with Gasteiger partial charge >= 0.3 is 7.12 Å². The Labute approximate surface area is 119 Å². The zero-order chi connectivity index (χ0) is 14.8. The number of aliphatic hydroxyl groups is 1. The first-order valence-corrected chi connectivity index (χ1v) is 7.02. The van der Waals surface area contributed by atoms with Crippen LogP contribution in [0.2, 0.25) is 0 Å². The molecule has 110 valence electrons. The molecule has 2 rings (SSSR count). The van der Waals surface area contributed by atoms with E-state index in [1.165, 1.54) is 5.06 Å². The van der Waals surface area contributed by atoms with Crippen LogP contribution >= 0.6 is 0 Å². The van der Waals surface area contributed by atoms with Crippen LogP contribution in [0.15, 0.2) is 24.3 Å². The minimum absolute atomic E-state index is 0.0685. The lowest BCUT2D eigenvalue weighted by Gasteiger charge is -2.29. The molecule has 0 saturated carbocycles. The fourth-order valence-corrected chi connectivity index (χ4v) is 2.90. The van der Waals surface area contributed by atoms with Crippen LogP contribution in [-0.4, -0.2) is 50.7 Å². The Hall–Kier alpha value is -0.915. The summed E-state index contributed by atoms with van der Waals surface area (Å²) in [5, 5.41) is 39.9. The van der Waals surface area contributed by atoms with Gasteiger partial charge in [-0.2, -0.15) is 5.06 Å². The second kappa shape index (κ2) is 6.24. The van der Waals surface area contributed by atoms with Gasteiger partial charge in [0.15, 0.2) is 0 Å². The molecule has 0 amide bonds. The van der Waals surface area contributed by atoms with Crippen LogP contribution in [0.3, 0.4) is 0 Å². The van der Waals surface area contributed by atoms with E-state index >= 15 is 0 Å². The zero-order valence-corrected chi connectivity index (χ0v) is 11.7. The lowest BCUT2D eigenvalue weighted by molar-refractivity contribution is -0.126. The van der Waals surface area contributed by atoms with Crippen molar-refractivity contribution in [3.63, 3.8) is 0 Å². The van der Waals surface area contributed by atoms with Gasteiger partial charge in [0.25, 0.3) is 0 Å². The van der Waals surface area contributed by atoms with Gasteiger partial charge < -0.3 is 20.4 Å². The van der Waals surface area contributed by atoms with Crippen molar-refractivity contribution in [2.45, 2.75) is 44.2 Å². The smallest absolute Gasteiger partial charge is 0.423 e. The van der Waals surface area contributed by atoms with Gasteiger partial charge in [-0.1, -0.05) is 24.3 Å². The standard InChI is InChI=1S/C14H22BNO4/c1-11-9-14(17,7-2-8-16(11)20)10-12-3-5-13(6-4-12)15(18)19/h3-6,11,17-20H,2,7-10H2,1H3. The SMILES string of the molecule is CC1CC(O)(Cc2ccc(B(O)O)cc2)CCCN1O. The Kier molecular flexibility index (Phi) is 4.83. The van der Waals surface area contributed by atoms with E-state index in [-0.39, 0.29) is 6.04 Å². The molecule has 0 bridgehead atoms. The first-order valence-electron chi connectivity index (χ1n) is 7.02. The average molecular weight is 279 g/mol. The van der Waals surface area contributed by atoms with Crippen LogP contribution in [-0.2, 0) is 6.42 Å². The molecular weight excluding hydrogens is 257 g/mol. The molecule has 0 spiro atoms. The van der Waals surface area contributed by atoms with Crippen molar-refractivity contribution in [3.8, 4) is 0 Å². The minimum Gasteiger partial charge on any atom is -0.423 e. The Morgan fingerprint density at radius 3 is 2.55 bits per heavy atom. The summed E-state index contributed by atoms with van der Waals surface area (Å²) in [4.78, 5) is 0. The summed E-state index contributed by atoms with van der Waals surface area (Å²) in [6.07, 6.45) is 2.43. The molecule has 1 saturated heterocycles. The Bertz CT molecular complexity index is 439. The molecule has 1 aromatic carbocycles. The Morgan fingerprint density at radius 1 is 1.30 bits per heavy atom. The quantitative estimate of drug-likeness (QED) is 0.581. The Balaban J connectivity index is 2.07. The van der Waals surface area contributed by atoms with Gasteiger partial charge in [-0.15, -0.1) is 0 Å². The largest absolute Gasteiger partial charge is 0.488 e. The predicted molar refractivity (Wildman–Crippen MR) is 76.7 cm³/mol. The molecule has 1 aliphatic heterocycles. The van der Waals surface area contributed by atoms with E-state index in [0.717, 1.165) is 12.0 Å². The first kappa shape index (κ1) is 15.5. The topological polar surface area (TPSA) is 84.2 Å². The number of nitrogens with zero attached hydrogens (tertiary/aromatic N) is 1. The summed E-state index contributed by atoms with van der Waals surface area (Å²) in [6, 6.07) is 6.85. The van der Waals surface area contributed by atoms with Gasteiger partial charge in [-0.05, 0) is 37.2 Å². The third-order valence-electron chi connectivity index (χ3n) is 4.02. The molecular formula is C14H22BNO4. The number of rotatable bonds is 3. The van der Waals surface area contributed by atoms with E-state index in [1.807, 2.05) is 6.92 Å². The number of hydroxylamine groups is 2. The van der Waals surface area contributed by atoms with E-state index in [1.54, 1.807) is 24.3 Å². The minimum atomic E-state index is -1.46. The van der Waals surface area contributed by atoms with Gasteiger partial charge in [0.2, 0.25) is 0 Å². The summed E-state index contributed by atoms with van der Waals surface area (Å²) < 4.78 is 0. The van der Waals surface area contributed by atoms with E-state index < -0.39 is 12.7 Å². The maximum atomic E-state index is 10.7. The van der Waals surface area contributed by atoms with Crippen LogP contribution in [0.5, 0.6) is 0 Å². The molecule has 0 aromatic heterocycles. The summed E-state index contributed by atoms with van der Waals surface area (Å²) in [6.45, 7) is 2.49. The van der Waals surface area contributed by atoms with Crippen LogP contribution < -0.4 is 5.46 Å². The predicted octanol–water partition coefficient (Wildman–Crippen LogP) is -0.0964. The fraction of sp³-hybridized carbons (Fsp3) is 0.571. The van der Waals surface area contributed by atoms with E-state index in [9.17, 15) is 10.3 Å². The lowest BCUT2D eigenvalue weighted by Crippen LogP contribution is -2.37. The highest BCUT2D eigenvalue weighted by Crippen LogP contribution is 2.28. The highest BCUT2D eigenvalue weighted by Gasteiger charge is 2.33. The molecule has 0 radical (unpaired) electrons. The average Bonchev–Trinajstić information content (AvgIpc) is 2.50. The van der Waals surface area contributed by atoms with Crippen molar-refractivity contribution in [2.24, 2.45) is 0 Å². The van der Waals surface area contributed by atoms with Crippen molar-refractivity contribution >= 4 is 12.6 Å². The third kappa shape index (κ3) is 3.80. The number of hydrogen-bond donors (Lipinski definition) is 4. The molecule has 2 atom stereocenters. The van der Waals surface area contributed by atoms with Gasteiger partial charge in [0.1, 0.15) is 0 Å². The van der Waals surface area contributed by atoms with Crippen LogP contribution in [0.1, 0.15) is 31.7 Å². The monoisotopic (exact) mass is 279 g/mol. The molecule has 2 unspecified atom stereocenters. The molecule has 6 heteroatoms. The van der Waals surface area contributed by atoms with Crippen molar-refractivity contribution in [2.75, 3.05) is 6.54 Å². The molecule has 4 N–H and O–H groups in total. The van der Waals surface area contributed by atoms with Gasteiger partial charge in [-0.25, -0.2) is 0 Å². The molecule has 0 aliphatic carbocycles. The van der Waals surface area contributed by atoms with Crippen molar-refractivity contribution in [3.05, 3.63) is 29.8 Å². The Morgan fingerprint density at radius 2 is 1.95 bits per heavy atom. The van der Waals surface area contributed by atoms with Crippen LogP contribution in [0.4, 0.5) is 0 Å². The molecule has 1 aliphatic rings. The number of hydrogen-bond acceptors (Lipinski definition) is 5. The zero-order valence-electron chi connectivity index (χ0n) is 11.7. The summed E-state index contributed by atoms with van der Waals surface area (Å²) in [5.74, 6) is 0. The number of benzene rings is 1. The van der Waals surface area contributed by atoms with E-state index in [4.69, 9.17) is 10.0 Å². The van der Waals surface area contributed by atoms with Crippen molar-refractivity contribution < 1.29 is 20.4 Å². The van der Waals surface area contributed by atoms with Gasteiger partial charge in [-0.3, -0.25) is 0 Å². The van der Waals surface area contributed by atoms with Crippen molar-refractivity contribution in [1.82, 2.24) is 5.06 Å². The maximum absolute atomic E-state index is 10.7. The second-order valence-corrected chi connectivity index (χ2v) is 5.84. The van der Waals surface area contributed by atoms with Gasteiger partial charge in [0.05, 0.1) is 5.60 Å². The fourth-order valence-electron chi connectivity index (χ4n) is 2.90. The lowest BCUT2D eigenvalue weighted by atomic mass is 9.79.